The summed E-state index contributed by atoms with van der Waals surface area (Å²) in [6.45, 7) is 10.3. The smallest absolute Gasteiger partial charge is 0.416 e. The van der Waals surface area contributed by atoms with E-state index in [1.165, 1.54) is 0 Å². The van der Waals surface area contributed by atoms with Crippen molar-refractivity contribution in [2.24, 2.45) is 39.7 Å². The van der Waals surface area contributed by atoms with E-state index in [0.29, 0.717) is 32.1 Å². The van der Waals surface area contributed by atoms with Crippen molar-refractivity contribution < 1.29 is 29.0 Å². The molecule has 4 aliphatic carbocycles. The highest BCUT2D eigenvalue weighted by Crippen LogP contribution is 2.67. The van der Waals surface area contributed by atoms with Crippen molar-refractivity contribution in [3.8, 4) is 0 Å². The van der Waals surface area contributed by atoms with Crippen LogP contribution in [0.2, 0.25) is 0 Å². The quantitative estimate of drug-likeness (QED) is 0.481. The number of rotatable bonds is 4. The Morgan fingerprint density at radius 2 is 1.81 bits per heavy atom. The van der Waals surface area contributed by atoms with Gasteiger partial charge in [0.15, 0.2) is 0 Å². The molecule has 0 aromatic heterocycles. The van der Waals surface area contributed by atoms with Gasteiger partial charge in [-0.25, -0.2) is 14.9 Å². The fraction of sp³-hybridized carbons (Fsp3) is 0.821. The van der Waals surface area contributed by atoms with Crippen LogP contribution in [0.1, 0.15) is 85.0 Å². The van der Waals surface area contributed by atoms with Crippen LogP contribution in [0.25, 0.3) is 0 Å². The number of aliphatic hydroxyl groups excluding tert-OH is 1. The van der Waals surface area contributed by atoms with E-state index in [9.17, 15) is 19.5 Å². The Labute approximate surface area is 214 Å². The predicted molar refractivity (Wildman–Crippen MR) is 135 cm³/mol. The van der Waals surface area contributed by atoms with E-state index >= 15 is 0 Å². The summed E-state index contributed by atoms with van der Waals surface area (Å²) < 4.78 is 11.1. The Bertz CT molecular complexity index is 885. The zero-order chi connectivity index (χ0) is 26.3. The maximum atomic E-state index is 13.4. The number of aliphatic hydroxyl groups is 1. The molecule has 0 aromatic carbocycles. The monoisotopic (exact) mass is 504 g/mol. The number of alkyl carbamates (subject to hydrolysis) is 2. The highest BCUT2D eigenvalue weighted by Gasteiger charge is 2.66. The average Bonchev–Trinajstić information content (AvgIpc) is 3.20. The zero-order valence-electron chi connectivity index (χ0n) is 22.1. The normalized spacial score (nSPS) is 44.5. The SMILES string of the molecule is C=C[C@]1(C)CC[C@]2(COC(=O)NC(=O)OC3CCC(N)CC3)C(C)CC[C@]3(CCC(=O)[C@@H]23)[C@@H](C)[C@@H]1O. The molecule has 0 spiro atoms. The predicted octanol–water partition coefficient (Wildman–Crippen LogP) is 4.48. The Hall–Kier alpha value is -1.93. The third-order valence-corrected chi connectivity index (χ3v) is 10.7. The lowest BCUT2D eigenvalue weighted by atomic mass is 9.44. The lowest BCUT2D eigenvalue weighted by Crippen LogP contribution is -2.60. The number of hydrogen-bond acceptors (Lipinski definition) is 7. The van der Waals surface area contributed by atoms with Crippen molar-refractivity contribution in [1.29, 1.82) is 0 Å². The summed E-state index contributed by atoms with van der Waals surface area (Å²) in [5.41, 5.74) is 4.53. The summed E-state index contributed by atoms with van der Waals surface area (Å²) >= 11 is 0. The third kappa shape index (κ3) is 4.60. The van der Waals surface area contributed by atoms with Crippen molar-refractivity contribution in [2.45, 2.75) is 103 Å². The van der Waals surface area contributed by atoms with E-state index in [2.05, 4.69) is 25.7 Å². The minimum absolute atomic E-state index is 0.0553. The molecule has 8 nitrogen and oxygen atoms in total. The van der Waals surface area contributed by atoms with Crippen LogP contribution in [-0.2, 0) is 14.3 Å². The van der Waals surface area contributed by atoms with Gasteiger partial charge in [-0.3, -0.25) is 4.79 Å². The third-order valence-electron chi connectivity index (χ3n) is 10.7. The van der Waals surface area contributed by atoms with Gasteiger partial charge in [-0.2, -0.15) is 0 Å². The molecule has 4 rings (SSSR count). The molecule has 0 radical (unpaired) electrons. The average molecular weight is 505 g/mol. The molecule has 8 heteroatoms. The van der Waals surface area contributed by atoms with E-state index in [4.69, 9.17) is 15.2 Å². The first-order valence-corrected chi connectivity index (χ1v) is 13.7. The van der Waals surface area contributed by atoms with E-state index in [1.807, 2.05) is 13.0 Å². The van der Waals surface area contributed by atoms with Gasteiger partial charge in [-0.1, -0.05) is 26.8 Å². The van der Waals surface area contributed by atoms with Gasteiger partial charge in [0.25, 0.3) is 0 Å². The molecule has 2 bridgehead atoms. The lowest BCUT2D eigenvalue weighted by Gasteiger charge is -2.60. The van der Waals surface area contributed by atoms with Crippen LogP contribution in [0.4, 0.5) is 9.59 Å². The molecule has 0 aliphatic heterocycles. The van der Waals surface area contributed by atoms with Crippen molar-refractivity contribution in [2.75, 3.05) is 6.61 Å². The van der Waals surface area contributed by atoms with E-state index in [1.54, 1.807) is 0 Å². The van der Waals surface area contributed by atoms with Crippen LogP contribution < -0.4 is 11.1 Å². The molecule has 36 heavy (non-hydrogen) atoms. The minimum Gasteiger partial charge on any atom is -0.449 e. The topological polar surface area (TPSA) is 128 Å². The Morgan fingerprint density at radius 3 is 2.47 bits per heavy atom. The first-order chi connectivity index (χ1) is 17.0. The number of Topliss-reactive ketones (excluding diaryl/α,β-unsaturated/α-hetero) is 1. The molecule has 0 aromatic rings. The molecular weight excluding hydrogens is 460 g/mol. The molecule has 7 atom stereocenters. The zero-order valence-corrected chi connectivity index (χ0v) is 22.1. The molecule has 2 amide bonds. The summed E-state index contributed by atoms with van der Waals surface area (Å²) in [5, 5.41) is 13.6. The highest BCUT2D eigenvalue weighted by atomic mass is 16.6. The number of nitrogens with one attached hydrogen (secondary N) is 1. The molecule has 0 saturated heterocycles. The number of hydrogen-bond donors (Lipinski definition) is 3. The number of nitrogens with two attached hydrogens (primary N) is 1. The maximum Gasteiger partial charge on any atom is 0.416 e. The molecule has 4 saturated carbocycles. The van der Waals surface area contributed by atoms with Crippen LogP contribution in [0.5, 0.6) is 0 Å². The molecule has 1 unspecified atom stereocenters. The Balaban J connectivity index is 1.51. The van der Waals surface area contributed by atoms with Crippen molar-refractivity contribution in [1.82, 2.24) is 5.32 Å². The van der Waals surface area contributed by atoms with Crippen LogP contribution in [0, 0.1) is 34.0 Å². The number of carbonyl (C=O) groups is 3. The summed E-state index contributed by atoms with van der Waals surface area (Å²) in [7, 11) is 0. The summed E-state index contributed by atoms with van der Waals surface area (Å²) in [4.78, 5) is 38.4. The van der Waals surface area contributed by atoms with Gasteiger partial charge < -0.3 is 20.3 Å². The van der Waals surface area contributed by atoms with Gasteiger partial charge in [-0.15, -0.1) is 6.58 Å². The molecular formula is C28H44N2O6. The number of amides is 2. The van der Waals surface area contributed by atoms with Crippen LogP contribution in [-0.4, -0.2) is 47.9 Å². The van der Waals surface area contributed by atoms with Gasteiger partial charge in [0, 0.05) is 29.2 Å². The van der Waals surface area contributed by atoms with Gasteiger partial charge in [0.05, 0.1) is 12.7 Å². The summed E-state index contributed by atoms with van der Waals surface area (Å²) in [6, 6.07) is 0.135. The van der Waals surface area contributed by atoms with Gasteiger partial charge in [-0.05, 0) is 75.0 Å². The molecule has 202 valence electrons. The molecule has 4 aliphatic rings. The van der Waals surface area contributed by atoms with Crippen LogP contribution in [0.3, 0.4) is 0 Å². The van der Waals surface area contributed by atoms with E-state index < -0.39 is 29.1 Å². The van der Waals surface area contributed by atoms with Crippen molar-refractivity contribution in [3.05, 3.63) is 12.7 Å². The van der Waals surface area contributed by atoms with Crippen LogP contribution in [0.15, 0.2) is 12.7 Å². The Kier molecular flexibility index (Phi) is 7.60. The number of imide groups is 1. The fourth-order valence-corrected chi connectivity index (χ4v) is 8.06. The van der Waals surface area contributed by atoms with Crippen molar-refractivity contribution >= 4 is 18.0 Å². The first kappa shape index (κ1) is 27.1. The summed E-state index contributed by atoms with van der Waals surface area (Å²) in [5.74, 6) is -0.00221. The maximum absolute atomic E-state index is 13.4. The van der Waals surface area contributed by atoms with Crippen LogP contribution >= 0.6 is 0 Å². The number of ketones is 1. The fourth-order valence-electron chi connectivity index (χ4n) is 8.06. The lowest BCUT2D eigenvalue weighted by molar-refractivity contribution is -0.172. The van der Waals surface area contributed by atoms with Crippen molar-refractivity contribution in [3.63, 3.8) is 0 Å². The Morgan fingerprint density at radius 1 is 1.11 bits per heavy atom. The number of carbonyl (C=O) groups excluding carboxylic acids is 3. The first-order valence-electron chi connectivity index (χ1n) is 13.7. The second-order valence-corrected chi connectivity index (χ2v) is 12.4. The van der Waals surface area contributed by atoms with E-state index in [-0.39, 0.29) is 47.7 Å². The minimum atomic E-state index is -0.850. The number of ether oxygens (including phenoxy) is 2. The van der Waals surface area contributed by atoms with E-state index in [0.717, 1.165) is 32.1 Å². The second-order valence-electron chi connectivity index (χ2n) is 12.4. The molecule has 4 fully saturated rings. The van der Waals surface area contributed by atoms with Gasteiger partial charge in [0.2, 0.25) is 0 Å². The molecule has 4 N–H and O–H groups in total. The van der Waals surface area contributed by atoms with Gasteiger partial charge >= 0.3 is 12.2 Å². The second kappa shape index (κ2) is 10.1. The highest BCUT2D eigenvalue weighted by molar-refractivity contribution is 5.88. The largest absolute Gasteiger partial charge is 0.449 e. The molecule has 0 heterocycles. The van der Waals surface area contributed by atoms with Gasteiger partial charge in [0.1, 0.15) is 11.9 Å². The summed E-state index contributed by atoms with van der Waals surface area (Å²) in [6.07, 6.45) is 6.59. The standard InChI is InChI=1S/C28H44N2O6/c1-5-26(4)14-15-28(16-35-24(33)30-25(34)36-20-8-6-19(29)7-9-20)17(2)10-12-27(18(3)23(26)32)13-11-21(31)22(27)28/h5,17-20,22-23,32H,1,6-16,29H2,2-4H3,(H,30,33,34)/t17?,18-,19?,20?,22+,23-,26+,27-,28-/m0/s1.